The monoisotopic (exact) mass is 503 g/mol. The lowest BCUT2D eigenvalue weighted by Gasteiger charge is -2.20. The van der Waals surface area contributed by atoms with Gasteiger partial charge in [0.1, 0.15) is 5.75 Å². The van der Waals surface area contributed by atoms with Crippen LogP contribution in [0.2, 0.25) is 10.0 Å². The molecule has 0 bridgehead atoms. The molecule has 178 valence electrons. The summed E-state index contributed by atoms with van der Waals surface area (Å²) in [6.45, 7) is 1.86. The highest BCUT2D eigenvalue weighted by atomic mass is 35.5. The fourth-order valence-electron chi connectivity index (χ4n) is 3.37. The Morgan fingerprint density at radius 3 is 2.47 bits per heavy atom. The highest BCUT2D eigenvalue weighted by Crippen LogP contribution is 2.35. The number of nitrogens with zero attached hydrogens (tertiary/aromatic N) is 1. The van der Waals surface area contributed by atoms with Crippen LogP contribution < -0.4 is 16.2 Å². The Hall–Kier alpha value is -3.49. The summed E-state index contributed by atoms with van der Waals surface area (Å²) < 4.78 is 6.27. The highest BCUT2D eigenvalue weighted by Gasteiger charge is 2.22. The molecular formula is C24H23Cl2N3O5. The minimum atomic E-state index is -0.810. The van der Waals surface area contributed by atoms with E-state index in [0.29, 0.717) is 26.7 Å². The third-order valence-electron chi connectivity index (χ3n) is 5.01. The van der Waals surface area contributed by atoms with E-state index in [1.165, 1.54) is 23.9 Å². The van der Waals surface area contributed by atoms with E-state index in [4.69, 9.17) is 27.9 Å². The van der Waals surface area contributed by atoms with Crippen LogP contribution in [0.4, 0.5) is 10.5 Å². The number of aromatic nitrogens is 1. The number of esters is 1. The molecule has 3 rings (SSSR count). The first-order chi connectivity index (χ1) is 16.2. The predicted octanol–water partition coefficient (Wildman–Crippen LogP) is 4.88. The summed E-state index contributed by atoms with van der Waals surface area (Å²) in [6.07, 6.45) is 1.20. The number of pyridine rings is 1. The molecule has 1 atom stereocenters. The Kier molecular flexibility index (Phi) is 8.20. The lowest BCUT2D eigenvalue weighted by Crippen LogP contribution is -2.36. The second kappa shape index (κ2) is 11.1. The maximum absolute atomic E-state index is 12.7. The van der Waals surface area contributed by atoms with Gasteiger partial charge in [0, 0.05) is 28.9 Å². The number of carbonyl (C=O) groups excluding carboxylic acids is 2. The summed E-state index contributed by atoms with van der Waals surface area (Å²) in [5.41, 5.74) is 1.02. The fourth-order valence-corrected chi connectivity index (χ4v) is 3.98. The van der Waals surface area contributed by atoms with Crippen molar-refractivity contribution in [2.45, 2.75) is 19.4 Å². The average Bonchev–Trinajstić information content (AvgIpc) is 2.79. The second-order valence-electron chi connectivity index (χ2n) is 7.37. The van der Waals surface area contributed by atoms with E-state index >= 15 is 0 Å². The quantitative estimate of drug-likeness (QED) is 0.398. The van der Waals surface area contributed by atoms with Gasteiger partial charge in [0.25, 0.3) is 5.56 Å². The molecule has 0 saturated carbocycles. The Morgan fingerprint density at radius 2 is 1.79 bits per heavy atom. The molecule has 8 nitrogen and oxygen atoms in total. The van der Waals surface area contributed by atoms with Crippen molar-refractivity contribution < 1.29 is 19.4 Å². The molecule has 0 aliphatic heterocycles. The standard InChI is InChI=1S/C24H23Cl2N3O5/c1-3-34-20(31)13-18(27-24(33)28-22-19(30)10-11-29(2)23(22)32)14-6-4-7-15(12-14)21-16(25)8-5-9-17(21)26/h4-12,18,30H,3,13H2,1-2H3,(H2,27,28,33)/t18-/m0/s1. The first-order valence-electron chi connectivity index (χ1n) is 10.4. The molecule has 1 aromatic heterocycles. The molecule has 0 unspecified atom stereocenters. The van der Waals surface area contributed by atoms with Crippen LogP contribution in [0.5, 0.6) is 5.75 Å². The Morgan fingerprint density at radius 1 is 1.12 bits per heavy atom. The van der Waals surface area contributed by atoms with Crippen molar-refractivity contribution in [1.29, 1.82) is 0 Å². The molecule has 0 aliphatic rings. The van der Waals surface area contributed by atoms with Crippen molar-refractivity contribution in [2.24, 2.45) is 7.05 Å². The van der Waals surface area contributed by atoms with Gasteiger partial charge in [-0.25, -0.2) is 4.79 Å². The van der Waals surface area contributed by atoms with Crippen molar-refractivity contribution in [3.63, 3.8) is 0 Å². The number of hydrogen-bond donors (Lipinski definition) is 3. The van der Waals surface area contributed by atoms with E-state index in [2.05, 4.69) is 10.6 Å². The van der Waals surface area contributed by atoms with Crippen LogP contribution in [0.3, 0.4) is 0 Å². The van der Waals surface area contributed by atoms with Gasteiger partial charge >= 0.3 is 12.0 Å². The number of hydrogen-bond acceptors (Lipinski definition) is 5. The second-order valence-corrected chi connectivity index (χ2v) is 8.19. The number of urea groups is 1. The summed E-state index contributed by atoms with van der Waals surface area (Å²) in [4.78, 5) is 37.3. The van der Waals surface area contributed by atoms with Crippen molar-refractivity contribution in [1.82, 2.24) is 9.88 Å². The van der Waals surface area contributed by atoms with Gasteiger partial charge in [-0.2, -0.15) is 0 Å². The molecule has 3 aromatic rings. The predicted molar refractivity (Wildman–Crippen MR) is 131 cm³/mol. The van der Waals surface area contributed by atoms with Crippen LogP contribution in [0, 0.1) is 0 Å². The fraction of sp³-hybridized carbons (Fsp3) is 0.208. The number of aromatic hydroxyl groups is 1. The van der Waals surface area contributed by atoms with E-state index in [1.54, 1.807) is 43.3 Å². The van der Waals surface area contributed by atoms with Crippen molar-refractivity contribution >= 4 is 40.9 Å². The largest absolute Gasteiger partial charge is 0.505 e. The smallest absolute Gasteiger partial charge is 0.319 e. The Balaban J connectivity index is 1.93. The molecule has 0 aliphatic carbocycles. The number of anilines is 1. The van der Waals surface area contributed by atoms with Crippen LogP contribution in [0.25, 0.3) is 11.1 Å². The lowest BCUT2D eigenvalue weighted by molar-refractivity contribution is -0.143. The van der Waals surface area contributed by atoms with Gasteiger partial charge in [0.05, 0.1) is 19.1 Å². The highest BCUT2D eigenvalue weighted by molar-refractivity contribution is 6.39. The van der Waals surface area contributed by atoms with Gasteiger partial charge in [-0.3, -0.25) is 9.59 Å². The number of benzene rings is 2. The summed E-state index contributed by atoms with van der Waals surface area (Å²) in [5, 5.41) is 15.9. The topological polar surface area (TPSA) is 110 Å². The zero-order valence-corrected chi connectivity index (χ0v) is 20.0. The number of amides is 2. The minimum Gasteiger partial charge on any atom is -0.505 e. The van der Waals surface area contributed by atoms with Gasteiger partial charge in [0.15, 0.2) is 5.69 Å². The van der Waals surface area contributed by atoms with Crippen LogP contribution in [0.15, 0.2) is 59.5 Å². The molecular weight excluding hydrogens is 481 g/mol. The van der Waals surface area contributed by atoms with E-state index in [-0.39, 0.29) is 24.5 Å². The number of halogens is 2. The Labute approximate surface area is 206 Å². The molecule has 10 heteroatoms. The number of rotatable bonds is 7. The van der Waals surface area contributed by atoms with E-state index < -0.39 is 23.6 Å². The van der Waals surface area contributed by atoms with Crippen LogP contribution in [-0.2, 0) is 16.6 Å². The molecule has 1 heterocycles. The van der Waals surface area contributed by atoms with Gasteiger partial charge in [-0.05, 0) is 42.3 Å². The lowest BCUT2D eigenvalue weighted by atomic mass is 9.97. The van der Waals surface area contributed by atoms with Crippen molar-refractivity contribution in [3.8, 4) is 16.9 Å². The summed E-state index contributed by atoms with van der Waals surface area (Å²) >= 11 is 12.7. The summed E-state index contributed by atoms with van der Waals surface area (Å²) in [6, 6.07) is 11.9. The normalized spacial score (nSPS) is 11.5. The minimum absolute atomic E-state index is 0.167. The van der Waals surface area contributed by atoms with E-state index in [1.807, 2.05) is 6.07 Å². The number of carbonyl (C=O) groups is 2. The average molecular weight is 504 g/mol. The zero-order chi connectivity index (χ0) is 24.8. The molecule has 2 amide bonds. The molecule has 3 N–H and O–H groups in total. The maximum atomic E-state index is 12.7. The first kappa shape index (κ1) is 25.1. The van der Waals surface area contributed by atoms with Gasteiger partial charge in [-0.15, -0.1) is 0 Å². The van der Waals surface area contributed by atoms with Gasteiger partial charge in [-0.1, -0.05) is 47.5 Å². The third-order valence-corrected chi connectivity index (χ3v) is 5.64. The van der Waals surface area contributed by atoms with Crippen LogP contribution in [-0.4, -0.2) is 28.3 Å². The van der Waals surface area contributed by atoms with Crippen LogP contribution >= 0.6 is 23.2 Å². The number of ether oxygens (including phenoxy) is 1. The molecule has 0 spiro atoms. The van der Waals surface area contributed by atoms with Gasteiger partial charge < -0.3 is 25.0 Å². The third kappa shape index (κ3) is 5.89. The zero-order valence-electron chi connectivity index (χ0n) is 18.5. The maximum Gasteiger partial charge on any atom is 0.319 e. The summed E-state index contributed by atoms with van der Waals surface area (Å²) in [7, 11) is 1.49. The SMILES string of the molecule is CCOC(=O)C[C@H](NC(=O)Nc1c(O)ccn(C)c1=O)c1cccc(-c2c(Cl)cccc2Cl)c1. The van der Waals surface area contributed by atoms with Crippen molar-refractivity contribution in [3.05, 3.63) is 80.7 Å². The van der Waals surface area contributed by atoms with E-state index in [9.17, 15) is 19.5 Å². The molecule has 34 heavy (non-hydrogen) atoms. The van der Waals surface area contributed by atoms with Crippen LogP contribution in [0.1, 0.15) is 24.9 Å². The number of nitrogens with one attached hydrogen (secondary N) is 2. The molecule has 0 fully saturated rings. The molecule has 2 aromatic carbocycles. The number of aryl methyl sites for hydroxylation is 1. The van der Waals surface area contributed by atoms with Gasteiger partial charge in [0.2, 0.25) is 0 Å². The molecule has 0 radical (unpaired) electrons. The summed E-state index contributed by atoms with van der Waals surface area (Å²) in [5.74, 6) is -0.900. The first-order valence-corrected chi connectivity index (χ1v) is 11.1. The molecule has 0 saturated heterocycles. The van der Waals surface area contributed by atoms with Crippen molar-refractivity contribution in [2.75, 3.05) is 11.9 Å². The Bertz CT molecular complexity index is 1260. The van der Waals surface area contributed by atoms with E-state index in [0.717, 1.165) is 0 Å².